The van der Waals surface area contributed by atoms with E-state index in [1.165, 1.54) is 0 Å². The molecule has 1 saturated heterocycles. The maximum Gasteiger partial charge on any atom is 0.316 e. The predicted molar refractivity (Wildman–Crippen MR) is 112 cm³/mol. The van der Waals surface area contributed by atoms with E-state index in [4.69, 9.17) is 18.9 Å². The third kappa shape index (κ3) is 2.95. The zero-order chi connectivity index (χ0) is 22.2. The van der Waals surface area contributed by atoms with Gasteiger partial charge in [-0.3, -0.25) is 9.59 Å². The number of ether oxygens (including phenoxy) is 4. The van der Waals surface area contributed by atoms with Crippen LogP contribution in [0.5, 0.6) is 0 Å². The Morgan fingerprint density at radius 1 is 1.19 bits per heavy atom. The molecule has 0 N–H and O–H groups in total. The third-order valence-corrected chi connectivity index (χ3v) is 7.48. The first-order valence-corrected chi connectivity index (χ1v) is 11.3. The number of hydrogen-bond donors (Lipinski definition) is 0. The average Bonchev–Trinajstić information content (AvgIpc) is 3.05. The van der Waals surface area contributed by atoms with Crippen LogP contribution >= 0.6 is 0 Å². The topological polar surface area (TPSA) is 71.1 Å². The molecular formula is C25H32O6. The van der Waals surface area contributed by atoms with E-state index in [-0.39, 0.29) is 29.7 Å². The van der Waals surface area contributed by atoms with Crippen molar-refractivity contribution >= 4 is 11.8 Å². The van der Waals surface area contributed by atoms with Gasteiger partial charge in [0.2, 0.25) is 0 Å². The fourth-order valence-corrected chi connectivity index (χ4v) is 6.51. The van der Waals surface area contributed by atoms with Gasteiger partial charge in [-0.05, 0) is 53.0 Å². The summed E-state index contributed by atoms with van der Waals surface area (Å²) in [5.41, 5.74) is -1.45. The van der Waals surface area contributed by atoms with Crippen molar-refractivity contribution in [3.05, 3.63) is 35.9 Å². The van der Waals surface area contributed by atoms with Crippen molar-refractivity contribution in [2.75, 3.05) is 6.61 Å². The Morgan fingerprint density at radius 2 is 1.90 bits per heavy atom. The number of Topliss-reactive ketones (excluding diaryl/α,β-unsaturated/α-hetero) is 1. The molecular weight excluding hydrogens is 396 g/mol. The molecule has 31 heavy (non-hydrogen) atoms. The second-order valence-electron chi connectivity index (χ2n) is 10.9. The fourth-order valence-electron chi connectivity index (χ4n) is 6.51. The van der Waals surface area contributed by atoms with Crippen LogP contribution in [0.1, 0.15) is 53.0 Å². The Bertz CT molecular complexity index is 902. The quantitative estimate of drug-likeness (QED) is 0.667. The van der Waals surface area contributed by atoms with Gasteiger partial charge in [0.15, 0.2) is 5.79 Å². The molecule has 5 aliphatic rings. The van der Waals surface area contributed by atoms with Gasteiger partial charge in [-0.15, -0.1) is 0 Å². The van der Waals surface area contributed by atoms with Gasteiger partial charge in [0, 0.05) is 11.8 Å². The van der Waals surface area contributed by atoms with E-state index >= 15 is 0 Å². The highest BCUT2D eigenvalue weighted by molar-refractivity contribution is 6.05. The van der Waals surface area contributed by atoms with Gasteiger partial charge in [-0.1, -0.05) is 30.3 Å². The molecule has 0 aromatic heterocycles. The highest BCUT2D eigenvalue weighted by atomic mass is 16.7. The van der Waals surface area contributed by atoms with Crippen LogP contribution < -0.4 is 0 Å². The molecule has 6 atom stereocenters. The van der Waals surface area contributed by atoms with Crippen molar-refractivity contribution in [3.8, 4) is 0 Å². The van der Waals surface area contributed by atoms with E-state index in [9.17, 15) is 9.59 Å². The Morgan fingerprint density at radius 3 is 2.52 bits per heavy atom. The fraction of sp³-hybridized carbons (Fsp3) is 0.680. The van der Waals surface area contributed by atoms with E-state index in [2.05, 4.69) is 0 Å². The van der Waals surface area contributed by atoms with E-state index in [0.717, 1.165) is 5.56 Å². The van der Waals surface area contributed by atoms with Gasteiger partial charge in [0.05, 0.1) is 30.8 Å². The molecule has 4 saturated carbocycles. The van der Waals surface area contributed by atoms with Gasteiger partial charge in [-0.25, -0.2) is 0 Å². The van der Waals surface area contributed by atoms with Crippen molar-refractivity contribution in [2.24, 2.45) is 23.2 Å². The maximum absolute atomic E-state index is 13.8. The number of carbonyl (C=O) groups excluding carboxylic acids is 2. The Balaban J connectivity index is 1.52. The van der Waals surface area contributed by atoms with Crippen LogP contribution in [0.3, 0.4) is 0 Å². The number of rotatable bonds is 5. The molecule has 2 unspecified atom stereocenters. The van der Waals surface area contributed by atoms with Crippen LogP contribution in [-0.2, 0) is 35.1 Å². The van der Waals surface area contributed by atoms with Crippen LogP contribution in [-0.4, -0.2) is 41.5 Å². The molecule has 1 aliphatic heterocycles. The number of esters is 1. The zero-order valence-corrected chi connectivity index (χ0v) is 19.0. The van der Waals surface area contributed by atoms with Crippen LogP contribution in [0.2, 0.25) is 0 Å². The minimum Gasteiger partial charge on any atom is -0.459 e. The first-order chi connectivity index (χ1) is 14.5. The Kier molecular flexibility index (Phi) is 4.51. The highest BCUT2D eigenvalue weighted by Gasteiger charge is 2.95. The molecule has 1 aromatic rings. The molecule has 0 amide bonds. The number of benzene rings is 1. The average molecular weight is 429 g/mol. The Labute approximate surface area is 183 Å². The standard InChI is InChI=1S/C25H32O6/c1-22(2,3)31-21(27)25-18(17-14-28-23(4,5)30-17)16-11-12-24(25,20(25)19(16)26)29-13-15-9-7-6-8-10-15/h6-10,16-18,20H,11-14H2,1-5H3/t16-,17-,18-,20?,24+,25?/m0/s1. The van der Waals surface area contributed by atoms with E-state index in [1.54, 1.807) is 0 Å². The number of hydrogen-bond acceptors (Lipinski definition) is 6. The lowest BCUT2D eigenvalue weighted by Gasteiger charge is -2.42. The van der Waals surface area contributed by atoms with Crippen molar-refractivity contribution in [1.82, 2.24) is 0 Å². The van der Waals surface area contributed by atoms with Gasteiger partial charge in [-0.2, -0.15) is 0 Å². The molecule has 0 radical (unpaired) electrons. The molecule has 0 spiro atoms. The second-order valence-corrected chi connectivity index (χ2v) is 10.9. The van der Waals surface area contributed by atoms with Crippen LogP contribution in [0.4, 0.5) is 0 Å². The molecule has 1 aromatic carbocycles. The largest absolute Gasteiger partial charge is 0.459 e. The lowest BCUT2D eigenvalue weighted by atomic mass is 9.68. The smallest absolute Gasteiger partial charge is 0.316 e. The minimum absolute atomic E-state index is 0.128. The van der Waals surface area contributed by atoms with Crippen LogP contribution in [0.25, 0.3) is 0 Å². The molecule has 5 fully saturated rings. The zero-order valence-electron chi connectivity index (χ0n) is 19.0. The lowest BCUT2D eigenvalue weighted by Crippen LogP contribution is -2.52. The van der Waals surface area contributed by atoms with Gasteiger partial charge < -0.3 is 18.9 Å². The summed E-state index contributed by atoms with van der Waals surface area (Å²) in [6, 6.07) is 9.88. The second kappa shape index (κ2) is 6.63. The summed E-state index contributed by atoms with van der Waals surface area (Å²) in [4.78, 5) is 27.2. The summed E-state index contributed by atoms with van der Waals surface area (Å²) in [5, 5.41) is 0. The minimum atomic E-state index is -0.997. The van der Waals surface area contributed by atoms with Gasteiger partial charge >= 0.3 is 5.97 Å². The summed E-state index contributed by atoms with van der Waals surface area (Å²) < 4.78 is 24.5. The summed E-state index contributed by atoms with van der Waals surface area (Å²) in [6.45, 7) is 10.0. The summed E-state index contributed by atoms with van der Waals surface area (Å²) in [7, 11) is 0. The third-order valence-electron chi connectivity index (χ3n) is 7.48. The molecule has 168 valence electrons. The highest BCUT2D eigenvalue weighted by Crippen LogP contribution is 2.81. The summed E-state index contributed by atoms with van der Waals surface area (Å²) in [6.07, 6.45) is 1.07. The van der Waals surface area contributed by atoms with Gasteiger partial charge in [0.1, 0.15) is 16.8 Å². The summed E-state index contributed by atoms with van der Waals surface area (Å²) >= 11 is 0. The molecule has 4 bridgehead atoms. The normalized spacial score (nSPS) is 40.1. The predicted octanol–water partition coefficient (Wildman–Crippen LogP) is 3.66. The number of fused-ring (bicyclic) bond motifs is 1. The van der Waals surface area contributed by atoms with Crippen molar-refractivity contribution in [1.29, 1.82) is 0 Å². The monoisotopic (exact) mass is 428 g/mol. The number of ketones is 1. The first-order valence-electron chi connectivity index (χ1n) is 11.3. The molecule has 6 heteroatoms. The Hall–Kier alpha value is -1.76. The molecule has 6 nitrogen and oxygen atoms in total. The molecule has 4 aliphatic carbocycles. The molecule has 1 heterocycles. The van der Waals surface area contributed by atoms with E-state index < -0.39 is 28.3 Å². The number of carbonyl (C=O) groups is 2. The van der Waals surface area contributed by atoms with Crippen LogP contribution in [0.15, 0.2) is 30.3 Å². The van der Waals surface area contributed by atoms with Crippen molar-refractivity contribution in [2.45, 2.75) is 77.2 Å². The first kappa shape index (κ1) is 21.1. The molecule has 6 rings (SSSR count). The lowest BCUT2D eigenvalue weighted by molar-refractivity contribution is -0.188. The SMILES string of the molecule is CC(C)(C)OC(=O)C12C3C(=O)[C@@H](CC[C@@]31OCc1ccccc1)[C@H]2[C@@H]1COC(C)(C)O1. The van der Waals surface area contributed by atoms with Gasteiger partial charge in [0.25, 0.3) is 0 Å². The van der Waals surface area contributed by atoms with E-state index in [0.29, 0.717) is 26.1 Å². The van der Waals surface area contributed by atoms with Crippen molar-refractivity contribution < 1.29 is 28.5 Å². The maximum atomic E-state index is 13.8. The van der Waals surface area contributed by atoms with Crippen LogP contribution in [0, 0.1) is 23.2 Å². The van der Waals surface area contributed by atoms with E-state index in [1.807, 2.05) is 65.0 Å². The summed E-state index contributed by atoms with van der Waals surface area (Å²) in [5.74, 6) is -1.88. The van der Waals surface area contributed by atoms with Crippen molar-refractivity contribution in [3.63, 3.8) is 0 Å².